The third-order valence-corrected chi connectivity index (χ3v) is 5.04. The molecule has 0 unspecified atom stereocenters. The SMILES string of the molecule is CCCN1CCC(N(C)C(=O)n2cnc(-c3cccc(C#N)c3)c2)CC1. The molecule has 1 aliphatic heterocycles. The second-order valence-electron chi connectivity index (χ2n) is 6.83. The standard InChI is InChI=1S/C20H25N5O/c1-3-9-24-10-7-18(8-11-24)23(2)20(26)25-14-19(22-15-25)17-6-4-5-16(12-17)13-21/h4-6,12,14-15,18H,3,7-11H2,1-2H3. The molecule has 0 aliphatic carbocycles. The van der Waals surface area contributed by atoms with Crippen LogP contribution in [0.15, 0.2) is 36.8 Å². The van der Waals surface area contributed by atoms with Crippen LogP contribution < -0.4 is 0 Å². The minimum Gasteiger partial charge on any atom is -0.324 e. The van der Waals surface area contributed by atoms with Crippen LogP contribution >= 0.6 is 0 Å². The molecule has 1 aliphatic rings. The molecule has 1 saturated heterocycles. The van der Waals surface area contributed by atoms with Crippen LogP contribution in [0.4, 0.5) is 4.79 Å². The highest BCUT2D eigenvalue weighted by Gasteiger charge is 2.26. The maximum Gasteiger partial charge on any atom is 0.329 e. The molecule has 0 saturated carbocycles. The molecular formula is C20H25N5O. The normalized spacial score (nSPS) is 15.6. The van der Waals surface area contributed by atoms with E-state index in [1.165, 1.54) is 11.0 Å². The lowest BCUT2D eigenvalue weighted by Gasteiger charge is -2.36. The molecular weight excluding hydrogens is 326 g/mol. The van der Waals surface area contributed by atoms with Gasteiger partial charge in [0.2, 0.25) is 0 Å². The number of carbonyl (C=O) groups is 1. The van der Waals surface area contributed by atoms with Crippen molar-refractivity contribution in [3.8, 4) is 17.3 Å². The Labute approximate surface area is 154 Å². The minimum atomic E-state index is -0.0610. The fourth-order valence-electron chi connectivity index (χ4n) is 3.51. The van der Waals surface area contributed by atoms with E-state index in [1.54, 1.807) is 24.7 Å². The lowest BCUT2D eigenvalue weighted by atomic mass is 10.0. The van der Waals surface area contributed by atoms with Crippen LogP contribution in [-0.4, -0.2) is 58.1 Å². The lowest BCUT2D eigenvalue weighted by molar-refractivity contribution is 0.135. The molecule has 2 aromatic rings. The van der Waals surface area contributed by atoms with Crippen molar-refractivity contribution < 1.29 is 4.79 Å². The second-order valence-corrected chi connectivity index (χ2v) is 6.83. The number of hydrogen-bond donors (Lipinski definition) is 0. The fourth-order valence-corrected chi connectivity index (χ4v) is 3.51. The zero-order chi connectivity index (χ0) is 18.5. The number of nitriles is 1. The molecule has 26 heavy (non-hydrogen) atoms. The average molecular weight is 351 g/mol. The highest BCUT2D eigenvalue weighted by atomic mass is 16.2. The molecule has 1 aromatic heterocycles. The number of piperidine rings is 1. The van der Waals surface area contributed by atoms with E-state index >= 15 is 0 Å². The Bertz CT molecular complexity index is 799. The van der Waals surface area contributed by atoms with Gasteiger partial charge in [0.15, 0.2) is 0 Å². The summed E-state index contributed by atoms with van der Waals surface area (Å²) in [5.41, 5.74) is 2.12. The first-order chi connectivity index (χ1) is 12.6. The third-order valence-electron chi connectivity index (χ3n) is 5.04. The molecule has 1 fully saturated rings. The van der Waals surface area contributed by atoms with Crippen LogP contribution in [-0.2, 0) is 0 Å². The highest BCUT2D eigenvalue weighted by Crippen LogP contribution is 2.20. The van der Waals surface area contributed by atoms with Crippen molar-refractivity contribution in [2.24, 2.45) is 0 Å². The molecule has 3 rings (SSSR count). The molecule has 0 atom stereocenters. The van der Waals surface area contributed by atoms with Crippen molar-refractivity contribution >= 4 is 6.03 Å². The summed E-state index contributed by atoms with van der Waals surface area (Å²) in [7, 11) is 1.87. The van der Waals surface area contributed by atoms with Gasteiger partial charge < -0.3 is 9.80 Å². The molecule has 6 heteroatoms. The number of imidazole rings is 1. The topological polar surface area (TPSA) is 65.2 Å². The Balaban J connectivity index is 1.67. The number of rotatable bonds is 4. The zero-order valence-electron chi connectivity index (χ0n) is 15.4. The van der Waals surface area contributed by atoms with Gasteiger partial charge in [0.05, 0.1) is 17.3 Å². The minimum absolute atomic E-state index is 0.0610. The fraction of sp³-hybridized carbons (Fsp3) is 0.450. The van der Waals surface area contributed by atoms with E-state index in [4.69, 9.17) is 5.26 Å². The summed E-state index contributed by atoms with van der Waals surface area (Å²) in [5, 5.41) is 9.03. The summed E-state index contributed by atoms with van der Waals surface area (Å²) in [4.78, 5) is 21.4. The van der Waals surface area contributed by atoms with Crippen LogP contribution in [0.5, 0.6) is 0 Å². The van der Waals surface area contributed by atoms with Gasteiger partial charge in [-0.1, -0.05) is 19.1 Å². The van der Waals surface area contributed by atoms with Crippen LogP contribution in [0.3, 0.4) is 0 Å². The van der Waals surface area contributed by atoms with Gasteiger partial charge in [0.25, 0.3) is 0 Å². The molecule has 0 bridgehead atoms. The summed E-state index contributed by atoms with van der Waals surface area (Å²) in [6, 6.07) is 9.59. The van der Waals surface area contributed by atoms with Crippen LogP contribution in [0.2, 0.25) is 0 Å². The number of benzene rings is 1. The molecule has 0 radical (unpaired) electrons. The maximum absolute atomic E-state index is 12.8. The lowest BCUT2D eigenvalue weighted by Crippen LogP contribution is -2.46. The van der Waals surface area contributed by atoms with Gasteiger partial charge in [-0.25, -0.2) is 9.78 Å². The van der Waals surface area contributed by atoms with Gasteiger partial charge in [-0.05, 0) is 37.9 Å². The molecule has 1 amide bonds. The van der Waals surface area contributed by atoms with E-state index in [0.29, 0.717) is 11.3 Å². The van der Waals surface area contributed by atoms with Crippen molar-refractivity contribution in [1.29, 1.82) is 5.26 Å². The van der Waals surface area contributed by atoms with Gasteiger partial charge in [0.1, 0.15) is 6.33 Å². The summed E-state index contributed by atoms with van der Waals surface area (Å²) in [5.74, 6) is 0. The number of likely N-dealkylation sites (tertiary alicyclic amines) is 1. The number of nitrogens with zero attached hydrogens (tertiary/aromatic N) is 5. The number of hydrogen-bond acceptors (Lipinski definition) is 4. The van der Waals surface area contributed by atoms with E-state index in [9.17, 15) is 4.79 Å². The summed E-state index contributed by atoms with van der Waals surface area (Å²) >= 11 is 0. The van der Waals surface area contributed by atoms with Crippen LogP contribution in [0.25, 0.3) is 11.3 Å². The first-order valence-corrected chi connectivity index (χ1v) is 9.16. The maximum atomic E-state index is 12.8. The predicted octanol–water partition coefficient (Wildman–Crippen LogP) is 3.20. The summed E-state index contributed by atoms with van der Waals surface area (Å²) in [6.45, 7) is 5.43. The molecule has 2 heterocycles. The monoisotopic (exact) mass is 351 g/mol. The molecule has 0 spiro atoms. The summed E-state index contributed by atoms with van der Waals surface area (Å²) < 4.78 is 1.53. The molecule has 0 N–H and O–H groups in total. The van der Waals surface area contributed by atoms with Crippen molar-refractivity contribution in [2.75, 3.05) is 26.7 Å². The van der Waals surface area contributed by atoms with Crippen molar-refractivity contribution in [3.63, 3.8) is 0 Å². The van der Waals surface area contributed by atoms with Crippen LogP contribution in [0.1, 0.15) is 31.7 Å². The Kier molecular flexibility index (Phi) is 5.69. The van der Waals surface area contributed by atoms with E-state index < -0.39 is 0 Å². The van der Waals surface area contributed by atoms with Gasteiger partial charge in [0, 0.05) is 37.9 Å². The third kappa shape index (κ3) is 3.94. The van der Waals surface area contributed by atoms with Crippen molar-refractivity contribution in [1.82, 2.24) is 19.4 Å². The Morgan fingerprint density at radius 3 is 2.85 bits per heavy atom. The molecule has 1 aromatic carbocycles. The zero-order valence-corrected chi connectivity index (χ0v) is 15.4. The van der Waals surface area contributed by atoms with E-state index in [1.807, 2.05) is 24.1 Å². The first-order valence-electron chi connectivity index (χ1n) is 9.16. The van der Waals surface area contributed by atoms with Crippen LogP contribution in [0, 0.1) is 11.3 Å². The second kappa shape index (κ2) is 8.15. The smallest absolute Gasteiger partial charge is 0.324 e. The van der Waals surface area contributed by atoms with Gasteiger partial charge in [-0.2, -0.15) is 5.26 Å². The van der Waals surface area contributed by atoms with E-state index in [0.717, 1.165) is 38.0 Å². The highest BCUT2D eigenvalue weighted by molar-refractivity contribution is 5.78. The van der Waals surface area contributed by atoms with Gasteiger partial charge >= 0.3 is 6.03 Å². The Morgan fingerprint density at radius 2 is 2.15 bits per heavy atom. The van der Waals surface area contributed by atoms with E-state index in [-0.39, 0.29) is 12.1 Å². The predicted molar refractivity (Wildman–Crippen MR) is 101 cm³/mol. The van der Waals surface area contributed by atoms with Gasteiger partial charge in [-0.15, -0.1) is 0 Å². The van der Waals surface area contributed by atoms with Crippen molar-refractivity contribution in [3.05, 3.63) is 42.4 Å². The first kappa shape index (κ1) is 18.2. The number of carbonyl (C=O) groups excluding carboxylic acids is 1. The van der Waals surface area contributed by atoms with E-state index in [2.05, 4.69) is 22.9 Å². The van der Waals surface area contributed by atoms with Gasteiger partial charge in [-0.3, -0.25) is 4.57 Å². The Hall–Kier alpha value is -2.65. The van der Waals surface area contributed by atoms with Crippen molar-refractivity contribution in [2.45, 2.75) is 32.2 Å². The molecule has 6 nitrogen and oxygen atoms in total. The quantitative estimate of drug-likeness (QED) is 0.848. The largest absolute Gasteiger partial charge is 0.329 e. The number of amides is 1. The Morgan fingerprint density at radius 1 is 1.38 bits per heavy atom. The summed E-state index contributed by atoms with van der Waals surface area (Å²) in [6.07, 6.45) is 6.48. The average Bonchev–Trinajstić information content (AvgIpc) is 3.18. The molecule has 136 valence electrons. The number of aromatic nitrogens is 2.